The summed E-state index contributed by atoms with van der Waals surface area (Å²) >= 11 is 0. The van der Waals surface area contributed by atoms with Gasteiger partial charge in [0.2, 0.25) is 11.2 Å². The molecule has 6 nitrogen and oxygen atoms in total. The van der Waals surface area contributed by atoms with Gasteiger partial charge in [0.25, 0.3) is 0 Å². The molecule has 0 aliphatic carbocycles. The topological polar surface area (TPSA) is 86.0 Å². The highest BCUT2D eigenvalue weighted by Gasteiger charge is 2.24. The minimum atomic E-state index is -0.470. The number of ether oxygens (including phenoxy) is 2. The van der Waals surface area contributed by atoms with E-state index >= 15 is 0 Å². The van der Waals surface area contributed by atoms with Gasteiger partial charge in [-0.05, 0) is 60.7 Å². The average molecular weight is 402 g/mol. The average Bonchev–Trinajstić information content (AvgIpc) is 2.78. The maximum atomic E-state index is 13.3. The van der Waals surface area contributed by atoms with Gasteiger partial charge < -0.3 is 19.0 Å². The number of aromatic hydroxyl groups is 1. The number of benzene rings is 3. The second kappa shape index (κ2) is 7.75. The van der Waals surface area contributed by atoms with E-state index in [-0.39, 0.29) is 28.0 Å². The van der Waals surface area contributed by atoms with E-state index in [1.165, 1.54) is 25.3 Å². The van der Waals surface area contributed by atoms with E-state index < -0.39 is 11.2 Å². The lowest BCUT2D eigenvalue weighted by Crippen LogP contribution is -2.18. The van der Waals surface area contributed by atoms with Crippen molar-refractivity contribution in [2.24, 2.45) is 0 Å². The Kier molecular flexibility index (Phi) is 4.98. The monoisotopic (exact) mass is 402 g/mol. The molecule has 0 bridgehead atoms. The molecule has 0 atom stereocenters. The molecule has 0 saturated heterocycles. The minimum absolute atomic E-state index is 0.0411. The van der Waals surface area contributed by atoms with Crippen LogP contribution in [-0.2, 0) is 0 Å². The Morgan fingerprint density at radius 1 is 0.867 bits per heavy atom. The van der Waals surface area contributed by atoms with E-state index in [2.05, 4.69) is 0 Å². The van der Waals surface area contributed by atoms with Crippen LogP contribution in [0.3, 0.4) is 0 Å². The fourth-order valence-corrected chi connectivity index (χ4v) is 3.22. The number of methoxy groups -OCH3 is 2. The number of ketones is 1. The fraction of sp³-hybridized carbons (Fsp3) is 0.0833. The third kappa shape index (κ3) is 3.39. The summed E-state index contributed by atoms with van der Waals surface area (Å²) in [6, 6.07) is 17.5. The maximum absolute atomic E-state index is 13.3. The predicted octanol–water partition coefficient (Wildman–Crippen LogP) is 4.41. The SMILES string of the molecule is COc1ccc(C(=O)c2c(-c3ccc(OC)cc3)oc3cc(O)ccc3c2=O)cc1. The first kappa shape index (κ1) is 19.3. The summed E-state index contributed by atoms with van der Waals surface area (Å²) in [7, 11) is 3.08. The van der Waals surface area contributed by atoms with Gasteiger partial charge >= 0.3 is 0 Å². The van der Waals surface area contributed by atoms with Crippen molar-refractivity contribution in [3.05, 3.63) is 88.1 Å². The molecule has 1 aromatic heterocycles. The van der Waals surface area contributed by atoms with Crippen molar-refractivity contribution in [2.75, 3.05) is 14.2 Å². The zero-order chi connectivity index (χ0) is 21.3. The standard InChI is InChI=1S/C24H18O6/c1-28-17-8-3-14(4-9-17)22(26)21-23(27)19-12-7-16(25)13-20(19)30-24(21)15-5-10-18(29-2)11-6-15/h3-13,25H,1-2H3. The first-order valence-corrected chi connectivity index (χ1v) is 9.15. The molecular formula is C24H18O6. The fourth-order valence-electron chi connectivity index (χ4n) is 3.22. The van der Waals surface area contributed by atoms with Crippen molar-refractivity contribution in [1.82, 2.24) is 0 Å². The van der Waals surface area contributed by atoms with Crippen LogP contribution in [0.5, 0.6) is 17.2 Å². The number of carbonyl (C=O) groups is 1. The molecule has 0 fully saturated rings. The number of phenolic OH excluding ortho intramolecular Hbond substituents is 1. The van der Waals surface area contributed by atoms with E-state index in [0.29, 0.717) is 22.6 Å². The van der Waals surface area contributed by atoms with Gasteiger partial charge in [0.1, 0.15) is 34.2 Å². The lowest BCUT2D eigenvalue weighted by Gasteiger charge is -2.11. The number of fused-ring (bicyclic) bond motifs is 1. The van der Waals surface area contributed by atoms with E-state index in [1.807, 2.05) is 0 Å². The summed E-state index contributed by atoms with van der Waals surface area (Å²) in [4.78, 5) is 26.6. The van der Waals surface area contributed by atoms with Crippen LogP contribution in [-0.4, -0.2) is 25.1 Å². The molecule has 30 heavy (non-hydrogen) atoms. The van der Waals surface area contributed by atoms with E-state index in [1.54, 1.807) is 55.6 Å². The number of rotatable bonds is 5. The first-order valence-electron chi connectivity index (χ1n) is 9.15. The normalized spacial score (nSPS) is 10.7. The van der Waals surface area contributed by atoms with Gasteiger partial charge in [-0.3, -0.25) is 9.59 Å². The van der Waals surface area contributed by atoms with E-state index in [0.717, 1.165) is 0 Å². The molecule has 3 aromatic carbocycles. The second-order valence-corrected chi connectivity index (χ2v) is 6.60. The highest BCUT2D eigenvalue weighted by molar-refractivity contribution is 6.13. The van der Waals surface area contributed by atoms with Crippen molar-refractivity contribution in [3.8, 4) is 28.6 Å². The Hall–Kier alpha value is -4.06. The molecule has 4 rings (SSSR count). The van der Waals surface area contributed by atoms with E-state index in [4.69, 9.17) is 13.9 Å². The molecule has 0 amide bonds. The molecule has 0 saturated carbocycles. The summed E-state index contributed by atoms with van der Waals surface area (Å²) in [5.74, 6) is 0.847. The molecular weight excluding hydrogens is 384 g/mol. The summed E-state index contributed by atoms with van der Waals surface area (Å²) in [5, 5.41) is 10.0. The number of phenols is 1. The van der Waals surface area contributed by atoms with Gasteiger partial charge in [-0.15, -0.1) is 0 Å². The summed E-state index contributed by atoms with van der Waals surface area (Å²) < 4.78 is 16.3. The highest BCUT2D eigenvalue weighted by atomic mass is 16.5. The largest absolute Gasteiger partial charge is 0.508 e. The number of hydrogen-bond donors (Lipinski definition) is 1. The van der Waals surface area contributed by atoms with Crippen LogP contribution in [0, 0.1) is 0 Å². The number of hydrogen-bond acceptors (Lipinski definition) is 6. The summed E-state index contributed by atoms with van der Waals surface area (Å²) in [6.07, 6.45) is 0. The molecule has 0 aliphatic heterocycles. The van der Waals surface area contributed by atoms with Gasteiger partial charge in [-0.2, -0.15) is 0 Å². The Morgan fingerprint density at radius 2 is 1.47 bits per heavy atom. The predicted molar refractivity (Wildman–Crippen MR) is 113 cm³/mol. The number of carbonyl (C=O) groups excluding carboxylic acids is 1. The Labute approximate surface area is 171 Å². The zero-order valence-corrected chi connectivity index (χ0v) is 16.3. The summed E-state index contributed by atoms with van der Waals surface area (Å²) in [5.41, 5.74) is 0.509. The van der Waals surface area contributed by atoms with Crippen molar-refractivity contribution in [1.29, 1.82) is 0 Å². The Morgan fingerprint density at radius 3 is 2.07 bits per heavy atom. The smallest absolute Gasteiger partial charge is 0.204 e. The van der Waals surface area contributed by atoms with Gasteiger partial charge in [0.05, 0.1) is 19.6 Å². The molecule has 4 aromatic rings. The van der Waals surface area contributed by atoms with Crippen LogP contribution in [0.15, 0.2) is 75.9 Å². The zero-order valence-electron chi connectivity index (χ0n) is 16.3. The van der Waals surface area contributed by atoms with Gasteiger partial charge in [0.15, 0.2) is 0 Å². The quantitative estimate of drug-likeness (QED) is 0.498. The molecule has 0 radical (unpaired) electrons. The molecule has 0 unspecified atom stereocenters. The summed E-state index contributed by atoms with van der Waals surface area (Å²) in [6.45, 7) is 0. The molecule has 1 N–H and O–H groups in total. The van der Waals surface area contributed by atoms with Crippen molar-refractivity contribution < 1.29 is 23.8 Å². The third-order valence-corrected chi connectivity index (χ3v) is 4.81. The van der Waals surface area contributed by atoms with Crippen molar-refractivity contribution >= 4 is 16.8 Å². The third-order valence-electron chi connectivity index (χ3n) is 4.81. The molecule has 0 spiro atoms. The first-order chi connectivity index (χ1) is 14.5. The molecule has 1 heterocycles. The second-order valence-electron chi connectivity index (χ2n) is 6.60. The van der Waals surface area contributed by atoms with Crippen molar-refractivity contribution in [2.45, 2.75) is 0 Å². The van der Waals surface area contributed by atoms with Crippen LogP contribution in [0.2, 0.25) is 0 Å². The lowest BCUT2D eigenvalue weighted by atomic mass is 9.97. The molecule has 0 aliphatic rings. The van der Waals surface area contributed by atoms with Crippen molar-refractivity contribution in [3.63, 3.8) is 0 Å². The van der Waals surface area contributed by atoms with Crippen LogP contribution >= 0.6 is 0 Å². The molecule has 150 valence electrons. The lowest BCUT2D eigenvalue weighted by molar-refractivity contribution is 0.103. The Bertz CT molecular complexity index is 1280. The minimum Gasteiger partial charge on any atom is -0.508 e. The Balaban J connectivity index is 1.97. The van der Waals surface area contributed by atoms with E-state index in [9.17, 15) is 14.7 Å². The van der Waals surface area contributed by atoms with Gasteiger partial charge in [-0.25, -0.2) is 0 Å². The van der Waals surface area contributed by atoms with Crippen LogP contribution < -0.4 is 14.9 Å². The molecule has 6 heteroatoms. The van der Waals surface area contributed by atoms with Crippen LogP contribution in [0.25, 0.3) is 22.3 Å². The van der Waals surface area contributed by atoms with Gasteiger partial charge in [-0.1, -0.05) is 0 Å². The van der Waals surface area contributed by atoms with Crippen LogP contribution in [0.1, 0.15) is 15.9 Å². The maximum Gasteiger partial charge on any atom is 0.204 e. The highest BCUT2D eigenvalue weighted by Crippen LogP contribution is 2.30. The van der Waals surface area contributed by atoms with Gasteiger partial charge in [0, 0.05) is 17.2 Å². The van der Waals surface area contributed by atoms with Crippen LogP contribution in [0.4, 0.5) is 0 Å².